The molecule has 17 heavy (non-hydrogen) atoms. The topological polar surface area (TPSA) is 58.0 Å². The highest BCUT2D eigenvalue weighted by Gasteiger charge is 2.21. The van der Waals surface area contributed by atoms with Crippen molar-refractivity contribution in [2.24, 2.45) is 0 Å². The van der Waals surface area contributed by atoms with Crippen molar-refractivity contribution in [2.75, 3.05) is 18.9 Å². The molecule has 1 heterocycles. The summed E-state index contributed by atoms with van der Waals surface area (Å²) in [6, 6.07) is 0. The number of nitrogens with one attached hydrogen (secondary N) is 1. The summed E-state index contributed by atoms with van der Waals surface area (Å²) in [6.07, 6.45) is 7.12. The van der Waals surface area contributed by atoms with Crippen LogP contribution in [-0.2, 0) is 0 Å². The number of aliphatic hydroxyl groups excluding tert-OH is 1. The number of hydrogen-bond acceptors (Lipinski definition) is 5. The van der Waals surface area contributed by atoms with E-state index < -0.39 is 0 Å². The quantitative estimate of drug-likeness (QED) is 0.693. The van der Waals surface area contributed by atoms with Crippen LogP contribution < -0.4 is 5.32 Å². The summed E-state index contributed by atoms with van der Waals surface area (Å²) in [5.74, 6) is 0.923. The summed E-state index contributed by atoms with van der Waals surface area (Å²) in [5, 5.41) is 13.7. The second-order valence-corrected chi connectivity index (χ2v) is 5.40. The van der Waals surface area contributed by atoms with E-state index in [4.69, 9.17) is 0 Å². The lowest BCUT2D eigenvalue weighted by molar-refractivity contribution is 0.171. The molecule has 96 valence electrons. The number of hydrogen-bond donors (Lipinski definition) is 2. The number of aromatic nitrogens is 2. The van der Waals surface area contributed by atoms with Crippen LogP contribution in [0.4, 0.5) is 0 Å². The number of rotatable bonds is 8. The third-order valence-corrected chi connectivity index (χ3v) is 3.51. The van der Waals surface area contributed by atoms with E-state index in [1.807, 2.05) is 0 Å². The first-order chi connectivity index (χ1) is 8.20. The monoisotopic (exact) mass is 255 g/mol. The van der Waals surface area contributed by atoms with E-state index in [2.05, 4.69) is 29.1 Å². The normalized spacial score (nSPS) is 14.5. The van der Waals surface area contributed by atoms with Crippen LogP contribution in [0.1, 0.15) is 26.7 Å². The van der Waals surface area contributed by atoms with Crippen LogP contribution in [0.2, 0.25) is 0 Å². The Morgan fingerprint density at radius 3 is 2.88 bits per heavy atom. The van der Waals surface area contributed by atoms with Crippen LogP contribution >= 0.6 is 11.8 Å². The molecule has 0 amide bonds. The second-order valence-electron chi connectivity index (χ2n) is 4.29. The van der Waals surface area contributed by atoms with Gasteiger partial charge in [-0.25, -0.2) is 4.98 Å². The maximum atomic E-state index is 9.41. The predicted octanol–water partition coefficient (Wildman–Crippen LogP) is 1.71. The van der Waals surface area contributed by atoms with Crippen molar-refractivity contribution in [3.63, 3.8) is 0 Å². The highest BCUT2D eigenvalue weighted by atomic mass is 32.2. The molecule has 0 aliphatic carbocycles. The average Bonchev–Trinajstić information content (AvgIpc) is 2.38. The van der Waals surface area contributed by atoms with E-state index in [0.29, 0.717) is 0 Å². The molecule has 2 N–H and O–H groups in total. The molecule has 4 nitrogen and oxygen atoms in total. The molecular weight excluding hydrogens is 234 g/mol. The lowest BCUT2D eigenvalue weighted by Crippen LogP contribution is -2.46. The average molecular weight is 255 g/mol. The molecule has 0 aliphatic rings. The smallest absolute Gasteiger partial charge is 0.114 e. The molecule has 0 radical (unpaired) electrons. The largest absolute Gasteiger partial charge is 0.394 e. The lowest BCUT2D eigenvalue weighted by Gasteiger charge is -2.28. The minimum absolute atomic E-state index is 0.161. The van der Waals surface area contributed by atoms with E-state index in [-0.39, 0.29) is 12.1 Å². The van der Waals surface area contributed by atoms with Gasteiger partial charge < -0.3 is 10.4 Å². The zero-order chi connectivity index (χ0) is 12.6. The molecule has 1 atom stereocenters. The van der Waals surface area contributed by atoms with Gasteiger partial charge in [-0.1, -0.05) is 6.92 Å². The van der Waals surface area contributed by atoms with Crippen molar-refractivity contribution in [3.05, 3.63) is 18.6 Å². The standard InChI is InChI=1S/C12H21N3OS/c1-3-5-15-12(2,10-16)4-8-17-11-9-13-6-7-14-11/h6-7,9,15-16H,3-5,8,10H2,1-2H3. The first-order valence-electron chi connectivity index (χ1n) is 5.95. The Morgan fingerprint density at radius 2 is 2.29 bits per heavy atom. The highest BCUT2D eigenvalue weighted by Crippen LogP contribution is 2.19. The molecule has 0 fully saturated rings. The molecule has 0 saturated carbocycles. The first kappa shape index (κ1) is 14.4. The fourth-order valence-corrected chi connectivity index (χ4v) is 2.42. The second kappa shape index (κ2) is 7.63. The lowest BCUT2D eigenvalue weighted by atomic mass is 10.0. The van der Waals surface area contributed by atoms with Gasteiger partial charge in [-0.05, 0) is 26.3 Å². The van der Waals surface area contributed by atoms with Crippen LogP contribution in [0.3, 0.4) is 0 Å². The summed E-state index contributed by atoms with van der Waals surface area (Å²) < 4.78 is 0. The zero-order valence-electron chi connectivity index (χ0n) is 10.5. The Labute approximate surface area is 107 Å². The van der Waals surface area contributed by atoms with Gasteiger partial charge in [0.15, 0.2) is 0 Å². The third-order valence-electron chi connectivity index (χ3n) is 2.59. The number of thioether (sulfide) groups is 1. The summed E-state index contributed by atoms with van der Waals surface area (Å²) in [5.41, 5.74) is -0.189. The SMILES string of the molecule is CCCNC(C)(CO)CCSc1cnccn1. The maximum Gasteiger partial charge on any atom is 0.114 e. The van der Waals surface area contributed by atoms with Gasteiger partial charge in [0, 0.05) is 23.7 Å². The van der Waals surface area contributed by atoms with Gasteiger partial charge in [0.1, 0.15) is 5.03 Å². The Balaban J connectivity index is 2.32. The molecule has 1 aromatic rings. The molecule has 1 aromatic heterocycles. The minimum Gasteiger partial charge on any atom is -0.394 e. The highest BCUT2D eigenvalue weighted by molar-refractivity contribution is 7.99. The fraction of sp³-hybridized carbons (Fsp3) is 0.667. The zero-order valence-corrected chi connectivity index (χ0v) is 11.3. The Kier molecular flexibility index (Phi) is 6.47. The van der Waals surface area contributed by atoms with Gasteiger partial charge in [0.05, 0.1) is 12.8 Å². The third kappa shape index (κ3) is 5.48. The van der Waals surface area contributed by atoms with E-state index in [9.17, 15) is 5.11 Å². The number of aliphatic hydroxyl groups is 1. The van der Waals surface area contributed by atoms with Crippen LogP contribution in [0.25, 0.3) is 0 Å². The molecule has 0 bridgehead atoms. The summed E-state index contributed by atoms with van der Waals surface area (Å²) >= 11 is 1.67. The van der Waals surface area contributed by atoms with Gasteiger partial charge in [-0.15, -0.1) is 11.8 Å². The maximum absolute atomic E-state index is 9.41. The van der Waals surface area contributed by atoms with Gasteiger partial charge in [-0.3, -0.25) is 4.98 Å². The molecule has 0 spiro atoms. The Morgan fingerprint density at radius 1 is 1.47 bits per heavy atom. The van der Waals surface area contributed by atoms with Crippen molar-refractivity contribution < 1.29 is 5.11 Å². The fourth-order valence-electron chi connectivity index (χ4n) is 1.39. The summed E-state index contributed by atoms with van der Waals surface area (Å²) in [6.45, 7) is 5.28. The van der Waals surface area contributed by atoms with E-state index >= 15 is 0 Å². The van der Waals surface area contributed by atoms with Crippen molar-refractivity contribution in [1.29, 1.82) is 0 Å². The molecule has 5 heteroatoms. The van der Waals surface area contributed by atoms with Crippen LogP contribution in [0.5, 0.6) is 0 Å². The predicted molar refractivity (Wildman–Crippen MR) is 71.2 cm³/mol. The van der Waals surface area contributed by atoms with E-state index in [1.165, 1.54) is 0 Å². The van der Waals surface area contributed by atoms with Crippen LogP contribution in [0.15, 0.2) is 23.6 Å². The van der Waals surface area contributed by atoms with Gasteiger partial charge in [0.25, 0.3) is 0 Å². The van der Waals surface area contributed by atoms with E-state index in [0.717, 1.165) is 30.2 Å². The van der Waals surface area contributed by atoms with Gasteiger partial charge >= 0.3 is 0 Å². The molecule has 1 unspecified atom stereocenters. The van der Waals surface area contributed by atoms with Crippen molar-refractivity contribution in [1.82, 2.24) is 15.3 Å². The first-order valence-corrected chi connectivity index (χ1v) is 6.93. The molecule has 0 aliphatic heterocycles. The minimum atomic E-state index is -0.189. The molecule has 1 rings (SSSR count). The number of nitrogens with zero attached hydrogens (tertiary/aromatic N) is 2. The summed E-state index contributed by atoms with van der Waals surface area (Å²) in [7, 11) is 0. The Hall–Kier alpha value is -0.650. The van der Waals surface area contributed by atoms with Crippen LogP contribution in [0, 0.1) is 0 Å². The van der Waals surface area contributed by atoms with Gasteiger partial charge in [0.2, 0.25) is 0 Å². The molecule has 0 saturated heterocycles. The molecule has 0 aromatic carbocycles. The molecular formula is C12H21N3OS. The van der Waals surface area contributed by atoms with Gasteiger partial charge in [-0.2, -0.15) is 0 Å². The van der Waals surface area contributed by atoms with E-state index in [1.54, 1.807) is 30.4 Å². The van der Waals surface area contributed by atoms with Crippen molar-refractivity contribution >= 4 is 11.8 Å². The van der Waals surface area contributed by atoms with Crippen molar-refractivity contribution in [2.45, 2.75) is 37.3 Å². The van der Waals surface area contributed by atoms with Crippen LogP contribution in [-0.4, -0.2) is 39.5 Å². The van der Waals surface area contributed by atoms with Crippen molar-refractivity contribution in [3.8, 4) is 0 Å². The Bertz CT molecular complexity index is 310. The summed E-state index contributed by atoms with van der Waals surface area (Å²) in [4.78, 5) is 8.23.